The first-order valence-electron chi connectivity index (χ1n) is 8.83. The van der Waals surface area contributed by atoms with Crippen LogP contribution in [-0.4, -0.2) is 37.8 Å². The quantitative estimate of drug-likeness (QED) is 0.698. The highest BCUT2D eigenvalue weighted by molar-refractivity contribution is 7.22. The van der Waals surface area contributed by atoms with Crippen LogP contribution in [0.4, 0.5) is 10.8 Å². The Bertz CT molecular complexity index is 868. The van der Waals surface area contributed by atoms with E-state index in [-0.39, 0.29) is 0 Å². The SMILES string of the molecule is CCOc1ccc2nc(N3CCN(c4cccc(C)c4)CC3)sc2c1. The predicted octanol–water partition coefficient (Wildman–Crippen LogP) is 4.33. The minimum Gasteiger partial charge on any atom is -0.494 e. The summed E-state index contributed by atoms with van der Waals surface area (Å²) in [6, 6.07) is 14.9. The Morgan fingerprint density at radius 1 is 1.04 bits per heavy atom. The average molecular weight is 353 g/mol. The van der Waals surface area contributed by atoms with Crippen molar-refractivity contribution in [1.29, 1.82) is 0 Å². The summed E-state index contributed by atoms with van der Waals surface area (Å²) >= 11 is 1.76. The minimum atomic E-state index is 0.693. The van der Waals surface area contributed by atoms with Crippen LogP contribution in [-0.2, 0) is 0 Å². The van der Waals surface area contributed by atoms with Gasteiger partial charge in [-0.1, -0.05) is 23.5 Å². The third-order valence-electron chi connectivity index (χ3n) is 4.58. The van der Waals surface area contributed by atoms with Crippen LogP contribution in [0.3, 0.4) is 0 Å². The molecule has 130 valence electrons. The molecule has 0 aliphatic carbocycles. The van der Waals surface area contributed by atoms with Crippen LogP contribution in [0.5, 0.6) is 5.75 Å². The van der Waals surface area contributed by atoms with Gasteiger partial charge in [0.25, 0.3) is 0 Å². The van der Waals surface area contributed by atoms with Gasteiger partial charge in [-0.15, -0.1) is 0 Å². The molecule has 4 nitrogen and oxygen atoms in total. The molecule has 0 radical (unpaired) electrons. The van der Waals surface area contributed by atoms with E-state index in [4.69, 9.17) is 9.72 Å². The number of aromatic nitrogens is 1. The number of nitrogens with zero attached hydrogens (tertiary/aromatic N) is 3. The van der Waals surface area contributed by atoms with E-state index in [9.17, 15) is 0 Å². The zero-order valence-corrected chi connectivity index (χ0v) is 15.6. The fourth-order valence-corrected chi connectivity index (χ4v) is 4.31. The molecule has 1 saturated heterocycles. The van der Waals surface area contributed by atoms with Gasteiger partial charge in [0.15, 0.2) is 5.13 Å². The first-order valence-corrected chi connectivity index (χ1v) is 9.64. The van der Waals surface area contributed by atoms with Crippen molar-refractivity contribution in [3.05, 3.63) is 48.0 Å². The molecule has 2 heterocycles. The smallest absolute Gasteiger partial charge is 0.186 e. The molecule has 0 N–H and O–H groups in total. The van der Waals surface area contributed by atoms with E-state index in [0.29, 0.717) is 6.61 Å². The van der Waals surface area contributed by atoms with Crippen molar-refractivity contribution in [1.82, 2.24) is 4.98 Å². The maximum absolute atomic E-state index is 5.60. The van der Waals surface area contributed by atoms with Crippen LogP contribution >= 0.6 is 11.3 Å². The number of piperazine rings is 1. The first-order chi connectivity index (χ1) is 12.2. The summed E-state index contributed by atoms with van der Waals surface area (Å²) in [5, 5.41) is 1.12. The third kappa shape index (κ3) is 3.42. The van der Waals surface area contributed by atoms with Crippen molar-refractivity contribution in [2.24, 2.45) is 0 Å². The summed E-state index contributed by atoms with van der Waals surface area (Å²) in [6.07, 6.45) is 0. The van der Waals surface area contributed by atoms with Gasteiger partial charge in [-0.25, -0.2) is 4.98 Å². The molecule has 0 saturated carbocycles. The number of anilines is 2. The van der Waals surface area contributed by atoms with E-state index in [2.05, 4.69) is 53.1 Å². The molecule has 0 bridgehead atoms. The van der Waals surface area contributed by atoms with Gasteiger partial charge in [0.2, 0.25) is 0 Å². The van der Waals surface area contributed by atoms with Crippen LogP contribution in [0.2, 0.25) is 0 Å². The van der Waals surface area contributed by atoms with Gasteiger partial charge >= 0.3 is 0 Å². The van der Waals surface area contributed by atoms with E-state index in [1.54, 1.807) is 11.3 Å². The third-order valence-corrected chi connectivity index (χ3v) is 5.66. The van der Waals surface area contributed by atoms with Crippen molar-refractivity contribution in [2.75, 3.05) is 42.6 Å². The molecule has 5 heteroatoms. The summed E-state index contributed by atoms with van der Waals surface area (Å²) in [6.45, 7) is 8.93. The van der Waals surface area contributed by atoms with Crippen molar-refractivity contribution in [3.63, 3.8) is 0 Å². The molecular weight excluding hydrogens is 330 g/mol. The van der Waals surface area contributed by atoms with Crippen molar-refractivity contribution in [2.45, 2.75) is 13.8 Å². The summed E-state index contributed by atoms with van der Waals surface area (Å²) in [5.74, 6) is 0.925. The summed E-state index contributed by atoms with van der Waals surface area (Å²) in [5.41, 5.74) is 3.70. The summed E-state index contributed by atoms with van der Waals surface area (Å²) < 4.78 is 6.80. The van der Waals surface area contributed by atoms with Gasteiger partial charge in [0, 0.05) is 31.9 Å². The standard InChI is InChI=1S/C20H23N3OS/c1-3-24-17-7-8-18-19(14-17)25-20(21-18)23-11-9-22(10-12-23)16-6-4-5-15(2)13-16/h4-8,13-14H,3,9-12H2,1-2H3. The number of rotatable bonds is 4. The maximum Gasteiger partial charge on any atom is 0.186 e. The second-order valence-corrected chi connectivity index (χ2v) is 7.38. The zero-order chi connectivity index (χ0) is 17.2. The Hall–Kier alpha value is -2.27. The lowest BCUT2D eigenvalue weighted by molar-refractivity contribution is 0.341. The Morgan fingerprint density at radius 2 is 1.84 bits per heavy atom. The van der Waals surface area contributed by atoms with E-state index >= 15 is 0 Å². The number of hydrogen-bond acceptors (Lipinski definition) is 5. The molecule has 2 aromatic carbocycles. The highest BCUT2D eigenvalue weighted by Crippen LogP contribution is 2.32. The van der Waals surface area contributed by atoms with Gasteiger partial charge in [-0.3, -0.25) is 0 Å². The van der Waals surface area contributed by atoms with E-state index < -0.39 is 0 Å². The molecule has 0 atom stereocenters. The molecule has 0 amide bonds. The molecule has 1 aliphatic heterocycles. The second-order valence-electron chi connectivity index (χ2n) is 6.37. The Kier molecular flexibility index (Phi) is 4.49. The van der Waals surface area contributed by atoms with Crippen LogP contribution in [0.1, 0.15) is 12.5 Å². The number of hydrogen-bond donors (Lipinski definition) is 0. The minimum absolute atomic E-state index is 0.693. The molecule has 1 fully saturated rings. The van der Waals surface area contributed by atoms with E-state index in [0.717, 1.165) is 42.6 Å². The van der Waals surface area contributed by atoms with Gasteiger partial charge in [0.05, 0.1) is 16.8 Å². The van der Waals surface area contributed by atoms with Crippen LogP contribution in [0, 0.1) is 6.92 Å². The van der Waals surface area contributed by atoms with Crippen LogP contribution < -0.4 is 14.5 Å². The van der Waals surface area contributed by atoms with E-state index in [1.165, 1.54) is 16.0 Å². The van der Waals surface area contributed by atoms with Crippen LogP contribution in [0.15, 0.2) is 42.5 Å². The monoisotopic (exact) mass is 353 g/mol. The van der Waals surface area contributed by atoms with Gasteiger partial charge in [-0.05, 0) is 49.7 Å². The fourth-order valence-electron chi connectivity index (χ4n) is 3.27. The predicted molar refractivity (Wildman–Crippen MR) is 106 cm³/mol. The number of benzene rings is 2. The zero-order valence-electron chi connectivity index (χ0n) is 14.7. The van der Waals surface area contributed by atoms with E-state index in [1.807, 2.05) is 13.0 Å². The molecule has 0 spiro atoms. The number of fused-ring (bicyclic) bond motifs is 1. The van der Waals surface area contributed by atoms with Gasteiger partial charge < -0.3 is 14.5 Å². The lowest BCUT2D eigenvalue weighted by atomic mass is 10.2. The lowest BCUT2D eigenvalue weighted by Gasteiger charge is -2.36. The van der Waals surface area contributed by atoms with Crippen molar-refractivity contribution in [3.8, 4) is 5.75 Å². The largest absolute Gasteiger partial charge is 0.494 e. The Morgan fingerprint density at radius 3 is 2.60 bits per heavy atom. The molecule has 3 aromatic rings. The normalized spacial score (nSPS) is 15.0. The Balaban J connectivity index is 1.47. The lowest BCUT2D eigenvalue weighted by Crippen LogP contribution is -2.46. The molecule has 0 unspecified atom stereocenters. The Labute approximate surface area is 152 Å². The highest BCUT2D eigenvalue weighted by atomic mass is 32.1. The topological polar surface area (TPSA) is 28.6 Å². The maximum atomic E-state index is 5.60. The summed E-state index contributed by atoms with van der Waals surface area (Å²) in [4.78, 5) is 9.68. The second kappa shape index (κ2) is 6.92. The first kappa shape index (κ1) is 16.2. The molecule has 25 heavy (non-hydrogen) atoms. The number of ether oxygens (including phenoxy) is 1. The fraction of sp³-hybridized carbons (Fsp3) is 0.350. The van der Waals surface area contributed by atoms with Crippen molar-refractivity contribution < 1.29 is 4.74 Å². The molecule has 4 rings (SSSR count). The van der Waals surface area contributed by atoms with Crippen molar-refractivity contribution >= 4 is 32.4 Å². The number of aryl methyl sites for hydroxylation is 1. The van der Waals surface area contributed by atoms with Gasteiger partial charge in [0.1, 0.15) is 5.75 Å². The number of thiazole rings is 1. The van der Waals surface area contributed by atoms with Gasteiger partial charge in [-0.2, -0.15) is 0 Å². The van der Waals surface area contributed by atoms with Crippen LogP contribution in [0.25, 0.3) is 10.2 Å². The average Bonchev–Trinajstić information content (AvgIpc) is 3.05. The summed E-state index contributed by atoms with van der Waals surface area (Å²) in [7, 11) is 0. The molecule has 1 aromatic heterocycles. The molecular formula is C20H23N3OS. The highest BCUT2D eigenvalue weighted by Gasteiger charge is 2.20. The molecule has 1 aliphatic rings.